The molecule has 5 heterocycles. The fourth-order valence-corrected chi connectivity index (χ4v) is 4.57. The number of morpholine rings is 1. The number of rotatable bonds is 5. The number of aromatic amines is 1. The van der Waals surface area contributed by atoms with Gasteiger partial charge in [-0.05, 0) is 53.1 Å². The van der Waals surface area contributed by atoms with Crippen LogP contribution in [0.15, 0.2) is 59.9 Å². The monoisotopic (exact) mass is 452 g/mol. The van der Waals surface area contributed by atoms with Crippen molar-refractivity contribution in [3.05, 3.63) is 77.4 Å². The Labute approximate surface area is 196 Å². The van der Waals surface area contributed by atoms with Gasteiger partial charge in [0.2, 0.25) is 0 Å². The van der Waals surface area contributed by atoms with E-state index in [0.717, 1.165) is 71.0 Å². The van der Waals surface area contributed by atoms with Gasteiger partial charge in [0.25, 0.3) is 5.91 Å². The average molecular weight is 453 g/mol. The normalized spacial score (nSPS) is 15.5. The van der Waals surface area contributed by atoms with Crippen molar-refractivity contribution >= 4 is 28.8 Å². The molecule has 1 amide bonds. The van der Waals surface area contributed by atoms with Crippen LogP contribution in [0.5, 0.6) is 0 Å². The van der Waals surface area contributed by atoms with Crippen LogP contribution in [0.1, 0.15) is 27.3 Å². The summed E-state index contributed by atoms with van der Waals surface area (Å²) in [5.41, 5.74) is 6.95. The minimum atomic E-state index is -0.231. The van der Waals surface area contributed by atoms with E-state index in [0.29, 0.717) is 18.8 Å². The standard InChI is InChI=1S/C26H24N6O2/c33-26(23-3-1-2-19(30-23)16-32-8-10-34-11-9-32)31-24-13-17(12-18-14-27-15-22(18)24)20-4-6-28-25-21(20)5-7-29-25/h1-7,12-13,15H,8-11,14,16H2,(H,28,29)(H,31,33). The molecule has 0 atom stereocenters. The van der Waals surface area contributed by atoms with Gasteiger partial charge in [-0.2, -0.15) is 0 Å². The molecule has 0 saturated carbocycles. The summed E-state index contributed by atoms with van der Waals surface area (Å²) in [6.45, 7) is 4.52. The van der Waals surface area contributed by atoms with Crippen molar-refractivity contribution in [3.8, 4) is 11.1 Å². The van der Waals surface area contributed by atoms with Crippen LogP contribution in [0.2, 0.25) is 0 Å². The van der Waals surface area contributed by atoms with Gasteiger partial charge in [0.1, 0.15) is 11.3 Å². The molecular formula is C26H24N6O2. The summed E-state index contributed by atoms with van der Waals surface area (Å²) >= 11 is 0. The van der Waals surface area contributed by atoms with E-state index < -0.39 is 0 Å². The molecule has 8 heteroatoms. The van der Waals surface area contributed by atoms with E-state index in [1.165, 1.54) is 0 Å². The number of hydrogen-bond acceptors (Lipinski definition) is 6. The Balaban J connectivity index is 1.30. The first-order valence-electron chi connectivity index (χ1n) is 11.4. The Morgan fingerprint density at radius 2 is 2.06 bits per heavy atom. The highest BCUT2D eigenvalue weighted by Gasteiger charge is 2.19. The summed E-state index contributed by atoms with van der Waals surface area (Å²) < 4.78 is 5.42. The number of H-pyrrole nitrogens is 1. The second-order valence-electron chi connectivity index (χ2n) is 8.52. The quantitative estimate of drug-likeness (QED) is 0.482. The molecule has 0 bridgehead atoms. The Kier molecular flexibility index (Phi) is 5.37. The number of pyridine rings is 2. The molecule has 6 rings (SSSR count). The lowest BCUT2D eigenvalue weighted by molar-refractivity contribution is 0.0336. The van der Waals surface area contributed by atoms with E-state index in [2.05, 4.69) is 36.2 Å². The summed E-state index contributed by atoms with van der Waals surface area (Å²) in [5, 5.41) is 4.13. The van der Waals surface area contributed by atoms with E-state index in [-0.39, 0.29) is 5.91 Å². The number of aliphatic imine (C=N–C) groups is 1. The molecule has 0 spiro atoms. The SMILES string of the molecule is O=C(Nc1cc(-c2ccnc3[nH]ccc23)cc2c1C=NC2)c1cccc(CN2CCOCC2)n1. The molecule has 3 aromatic heterocycles. The first-order valence-corrected chi connectivity index (χ1v) is 11.4. The van der Waals surface area contributed by atoms with Crippen molar-refractivity contribution in [1.29, 1.82) is 0 Å². The maximum Gasteiger partial charge on any atom is 0.274 e. The smallest absolute Gasteiger partial charge is 0.274 e. The highest BCUT2D eigenvalue weighted by molar-refractivity contribution is 6.07. The van der Waals surface area contributed by atoms with Gasteiger partial charge in [0.05, 0.1) is 31.1 Å². The van der Waals surface area contributed by atoms with Crippen LogP contribution in [0, 0.1) is 0 Å². The van der Waals surface area contributed by atoms with Gasteiger partial charge in [-0.15, -0.1) is 0 Å². The van der Waals surface area contributed by atoms with Crippen molar-refractivity contribution < 1.29 is 9.53 Å². The number of nitrogens with one attached hydrogen (secondary N) is 2. The fourth-order valence-electron chi connectivity index (χ4n) is 4.57. The van der Waals surface area contributed by atoms with Gasteiger partial charge in [0.15, 0.2) is 0 Å². The van der Waals surface area contributed by atoms with Crippen LogP contribution in [0.3, 0.4) is 0 Å². The zero-order chi connectivity index (χ0) is 22.9. The van der Waals surface area contributed by atoms with Gasteiger partial charge < -0.3 is 15.0 Å². The molecule has 2 N–H and O–H groups in total. The van der Waals surface area contributed by atoms with Gasteiger partial charge in [-0.1, -0.05) is 6.07 Å². The minimum absolute atomic E-state index is 0.231. The number of benzene rings is 1. The first kappa shape index (κ1) is 20.7. The Hall–Kier alpha value is -3.88. The number of hydrogen-bond donors (Lipinski definition) is 2. The van der Waals surface area contributed by atoms with Crippen LogP contribution in [0.25, 0.3) is 22.2 Å². The van der Waals surface area contributed by atoms with Gasteiger partial charge in [0, 0.05) is 49.2 Å². The molecule has 2 aliphatic rings. The zero-order valence-electron chi connectivity index (χ0n) is 18.6. The molecule has 1 fully saturated rings. The minimum Gasteiger partial charge on any atom is -0.379 e. The highest BCUT2D eigenvalue weighted by Crippen LogP contribution is 2.34. The van der Waals surface area contributed by atoms with Crippen LogP contribution >= 0.6 is 0 Å². The lowest BCUT2D eigenvalue weighted by Crippen LogP contribution is -2.36. The van der Waals surface area contributed by atoms with Crippen molar-refractivity contribution in [2.45, 2.75) is 13.1 Å². The molecule has 0 radical (unpaired) electrons. The summed E-state index contributed by atoms with van der Waals surface area (Å²) in [6, 6.07) is 13.8. The Bertz CT molecular complexity index is 1400. The largest absolute Gasteiger partial charge is 0.379 e. The number of ether oxygens (including phenoxy) is 1. The maximum absolute atomic E-state index is 13.2. The van der Waals surface area contributed by atoms with Gasteiger partial charge >= 0.3 is 0 Å². The number of amides is 1. The molecule has 170 valence electrons. The summed E-state index contributed by atoms with van der Waals surface area (Å²) in [5.74, 6) is -0.231. The molecule has 1 aromatic carbocycles. The fraction of sp³-hybridized carbons (Fsp3) is 0.231. The van der Waals surface area contributed by atoms with Crippen LogP contribution < -0.4 is 5.32 Å². The van der Waals surface area contributed by atoms with E-state index in [9.17, 15) is 4.79 Å². The van der Waals surface area contributed by atoms with E-state index >= 15 is 0 Å². The van der Waals surface area contributed by atoms with Gasteiger partial charge in [-0.25, -0.2) is 9.97 Å². The molecule has 1 saturated heterocycles. The van der Waals surface area contributed by atoms with E-state index in [1.54, 1.807) is 12.3 Å². The molecule has 0 aliphatic carbocycles. The number of anilines is 1. The second-order valence-corrected chi connectivity index (χ2v) is 8.52. The molecule has 34 heavy (non-hydrogen) atoms. The maximum atomic E-state index is 13.2. The second kappa shape index (κ2) is 8.81. The number of carbonyl (C=O) groups excluding carboxylic acids is 1. The van der Waals surface area contributed by atoms with Crippen LogP contribution in [-0.4, -0.2) is 58.3 Å². The van der Waals surface area contributed by atoms with Crippen molar-refractivity contribution in [3.63, 3.8) is 0 Å². The van der Waals surface area contributed by atoms with Crippen LogP contribution in [0.4, 0.5) is 5.69 Å². The zero-order valence-corrected chi connectivity index (χ0v) is 18.6. The Morgan fingerprint density at radius 1 is 1.15 bits per heavy atom. The molecule has 0 unspecified atom stereocenters. The molecule has 2 aliphatic heterocycles. The third-order valence-corrected chi connectivity index (χ3v) is 6.30. The average Bonchev–Trinajstić information content (AvgIpc) is 3.54. The highest BCUT2D eigenvalue weighted by atomic mass is 16.5. The van der Waals surface area contributed by atoms with Crippen molar-refractivity contribution in [2.75, 3.05) is 31.6 Å². The molecular weight excluding hydrogens is 428 g/mol. The number of nitrogens with zero attached hydrogens (tertiary/aromatic N) is 4. The summed E-state index contributed by atoms with van der Waals surface area (Å²) in [6.07, 6.45) is 5.51. The lowest BCUT2D eigenvalue weighted by atomic mass is 9.97. The van der Waals surface area contributed by atoms with Gasteiger partial charge in [-0.3, -0.25) is 14.7 Å². The summed E-state index contributed by atoms with van der Waals surface area (Å²) in [7, 11) is 0. The van der Waals surface area contributed by atoms with Crippen LogP contribution in [-0.2, 0) is 17.8 Å². The third kappa shape index (κ3) is 3.98. The summed E-state index contributed by atoms with van der Waals surface area (Å²) in [4.78, 5) is 32.1. The topological polar surface area (TPSA) is 95.5 Å². The van der Waals surface area contributed by atoms with E-state index in [1.807, 2.05) is 42.7 Å². The molecule has 8 nitrogen and oxygen atoms in total. The van der Waals surface area contributed by atoms with E-state index in [4.69, 9.17) is 4.74 Å². The Morgan fingerprint density at radius 3 is 2.97 bits per heavy atom. The predicted octanol–water partition coefficient (Wildman–Crippen LogP) is 3.64. The predicted molar refractivity (Wildman–Crippen MR) is 131 cm³/mol. The third-order valence-electron chi connectivity index (χ3n) is 6.30. The van der Waals surface area contributed by atoms with Crippen molar-refractivity contribution in [2.24, 2.45) is 4.99 Å². The number of fused-ring (bicyclic) bond motifs is 2. The lowest BCUT2D eigenvalue weighted by Gasteiger charge is -2.26. The van der Waals surface area contributed by atoms with Crippen molar-refractivity contribution in [1.82, 2.24) is 19.9 Å². The number of aromatic nitrogens is 3. The first-order chi connectivity index (χ1) is 16.7. The number of carbonyl (C=O) groups is 1. The molecule has 4 aromatic rings.